The van der Waals surface area contributed by atoms with E-state index in [0.717, 1.165) is 83.5 Å². The third kappa shape index (κ3) is 66.1. The van der Waals surface area contributed by atoms with E-state index in [1.165, 1.54) is 257 Å². The van der Waals surface area contributed by atoms with E-state index < -0.39 is 6.10 Å². The van der Waals surface area contributed by atoms with Gasteiger partial charge in [0.15, 0.2) is 6.10 Å². The van der Waals surface area contributed by atoms with Gasteiger partial charge in [-0.05, 0) is 57.8 Å². The first-order chi connectivity index (χ1) is 39.0. The zero-order valence-corrected chi connectivity index (χ0v) is 53.2. The average molecular weight is 1110 g/mol. The molecule has 0 aliphatic carbocycles. The summed E-state index contributed by atoms with van der Waals surface area (Å²) in [6.07, 6.45) is 85.9. The van der Waals surface area contributed by atoms with Crippen LogP contribution < -0.4 is 0 Å². The lowest BCUT2D eigenvalue weighted by atomic mass is 10.0. The van der Waals surface area contributed by atoms with E-state index in [0.29, 0.717) is 19.3 Å². The SMILES string of the molecule is CC/C=C\C/C=C\C/C=C\C/C=C\CCCCC(=O)OCC(COC(=O)CCCCCCCCCCCCCCCCCCCCCCCCCCCCCCC)OC(=O)CCCCCCCCCCCCCCCCCCC. The predicted molar refractivity (Wildman–Crippen MR) is 344 cm³/mol. The van der Waals surface area contributed by atoms with Gasteiger partial charge in [0.1, 0.15) is 13.2 Å². The molecule has 0 saturated carbocycles. The lowest BCUT2D eigenvalue weighted by molar-refractivity contribution is -0.167. The molecule has 0 aromatic heterocycles. The van der Waals surface area contributed by atoms with Gasteiger partial charge in [-0.3, -0.25) is 14.4 Å². The maximum absolute atomic E-state index is 12.9. The number of rotatable bonds is 65. The van der Waals surface area contributed by atoms with Crippen molar-refractivity contribution in [2.24, 2.45) is 0 Å². The van der Waals surface area contributed by atoms with Gasteiger partial charge in [0.05, 0.1) is 0 Å². The van der Waals surface area contributed by atoms with Crippen molar-refractivity contribution >= 4 is 17.9 Å². The number of ether oxygens (including phenoxy) is 3. The Morgan fingerprint density at radius 2 is 0.494 bits per heavy atom. The van der Waals surface area contributed by atoms with Crippen molar-refractivity contribution in [3.63, 3.8) is 0 Å². The first-order valence-corrected chi connectivity index (χ1v) is 35.1. The van der Waals surface area contributed by atoms with Crippen LogP contribution in [0.1, 0.15) is 380 Å². The van der Waals surface area contributed by atoms with Crippen LogP contribution >= 0.6 is 0 Å². The second kappa shape index (κ2) is 67.9. The smallest absolute Gasteiger partial charge is 0.306 e. The summed E-state index contributed by atoms with van der Waals surface area (Å²) in [5.74, 6) is -0.898. The molecule has 79 heavy (non-hydrogen) atoms. The van der Waals surface area contributed by atoms with Crippen LogP contribution in [0.4, 0.5) is 0 Å². The molecule has 1 unspecified atom stereocenters. The quantitative estimate of drug-likeness (QED) is 0.0261. The van der Waals surface area contributed by atoms with Gasteiger partial charge < -0.3 is 14.2 Å². The molecule has 1 atom stereocenters. The first kappa shape index (κ1) is 76.4. The van der Waals surface area contributed by atoms with Crippen LogP contribution in [0, 0.1) is 0 Å². The molecule has 0 N–H and O–H groups in total. The Labute approximate surface area is 492 Å². The van der Waals surface area contributed by atoms with E-state index in [-0.39, 0.29) is 31.1 Å². The highest BCUT2D eigenvalue weighted by molar-refractivity contribution is 5.71. The Balaban J connectivity index is 4.21. The average Bonchev–Trinajstić information content (AvgIpc) is 3.45. The number of unbranched alkanes of at least 4 members (excludes halogenated alkanes) is 46. The van der Waals surface area contributed by atoms with Gasteiger partial charge in [0.25, 0.3) is 0 Å². The molecule has 0 fully saturated rings. The van der Waals surface area contributed by atoms with Crippen molar-refractivity contribution in [1.29, 1.82) is 0 Å². The van der Waals surface area contributed by atoms with Gasteiger partial charge in [-0.2, -0.15) is 0 Å². The molecular weight excluding hydrogens is 973 g/mol. The van der Waals surface area contributed by atoms with Crippen LogP contribution in [-0.2, 0) is 28.6 Å². The summed E-state index contributed by atoms with van der Waals surface area (Å²) in [5.41, 5.74) is 0. The maximum atomic E-state index is 12.9. The fourth-order valence-electron chi connectivity index (χ4n) is 10.6. The Bertz CT molecular complexity index is 1360. The Morgan fingerprint density at radius 1 is 0.266 bits per heavy atom. The Hall–Kier alpha value is -2.63. The highest BCUT2D eigenvalue weighted by Gasteiger charge is 2.19. The largest absolute Gasteiger partial charge is 0.462 e. The Morgan fingerprint density at radius 3 is 0.772 bits per heavy atom. The molecule has 0 aromatic rings. The van der Waals surface area contributed by atoms with Crippen molar-refractivity contribution in [3.05, 3.63) is 48.6 Å². The molecule has 0 rings (SSSR count). The van der Waals surface area contributed by atoms with Crippen molar-refractivity contribution in [2.75, 3.05) is 13.2 Å². The van der Waals surface area contributed by atoms with E-state index in [2.05, 4.69) is 69.4 Å². The fraction of sp³-hybridized carbons (Fsp3) is 0.849. The summed E-state index contributed by atoms with van der Waals surface area (Å²) < 4.78 is 16.9. The third-order valence-corrected chi connectivity index (χ3v) is 15.8. The molecule has 0 aliphatic heterocycles. The van der Waals surface area contributed by atoms with Crippen molar-refractivity contribution in [2.45, 2.75) is 386 Å². The highest BCUT2D eigenvalue weighted by atomic mass is 16.6. The van der Waals surface area contributed by atoms with Gasteiger partial charge >= 0.3 is 17.9 Å². The topological polar surface area (TPSA) is 78.9 Å². The minimum atomic E-state index is -0.788. The van der Waals surface area contributed by atoms with Crippen molar-refractivity contribution in [3.8, 4) is 0 Å². The van der Waals surface area contributed by atoms with Crippen molar-refractivity contribution < 1.29 is 28.6 Å². The number of hydrogen-bond donors (Lipinski definition) is 0. The number of carbonyl (C=O) groups excluding carboxylic acids is 3. The van der Waals surface area contributed by atoms with E-state index in [9.17, 15) is 14.4 Å². The van der Waals surface area contributed by atoms with Crippen molar-refractivity contribution in [1.82, 2.24) is 0 Å². The zero-order valence-electron chi connectivity index (χ0n) is 53.2. The van der Waals surface area contributed by atoms with Crippen LogP contribution in [0.15, 0.2) is 48.6 Å². The number of allylic oxidation sites excluding steroid dienone is 8. The van der Waals surface area contributed by atoms with Crippen LogP contribution in [0.25, 0.3) is 0 Å². The lowest BCUT2D eigenvalue weighted by Gasteiger charge is -2.18. The lowest BCUT2D eigenvalue weighted by Crippen LogP contribution is -2.30. The summed E-state index contributed by atoms with van der Waals surface area (Å²) in [7, 11) is 0. The molecule has 0 heterocycles. The minimum Gasteiger partial charge on any atom is -0.462 e. The van der Waals surface area contributed by atoms with Gasteiger partial charge in [-0.15, -0.1) is 0 Å². The first-order valence-electron chi connectivity index (χ1n) is 35.1. The maximum Gasteiger partial charge on any atom is 0.306 e. The van der Waals surface area contributed by atoms with Gasteiger partial charge in [-0.25, -0.2) is 0 Å². The third-order valence-electron chi connectivity index (χ3n) is 15.8. The normalized spacial score (nSPS) is 12.3. The van der Waals surface area contributed by atoms with Crippen LogP contribution in [0.5, 0.6) is 0 Å². The summed E-state index contributed by atoms with van der Waals surface area (Å²) >= 11 is 0. The Kier molecular flexibility index (Phi) is 65.6. The van der Waals surface area contributed by atoms with Crippen LogP contribution in [0.2, 0.25) is 0 Å². The van der Waals surface area contributed by atoms with Gasteiger partial charge in [0, 0.05) is 19.3 Å². The molecule has 0 aromatic carbocycles. The molecule has 0 saturated heterocycles. The predicted octanol–water partition coefficient (Wildman–Crippen LogP) is 24.1. The summed E-state index contributed by atoms with van der Waals surface area (Å²) in [4.78, 5) is 38.4. The summed E-state index contributed by atoms with van der Waals surface area (Å²) in [6, 6.07) is 0. The van der Waals surface area contributed by atoms with Gasteiger partial charge in [0.2, 0.25) is 0 Å². The van der Waals surface area contributed by atoms with E-state index in [4.69, 9.17) is 14.2 Å². The molecule has 462 valence electrons. The molecule has 6 nitrogen and oxygen atoms in total. The summed E-state index contributed by atoms with van der Waals surface area (Å²) in [6.45, 7) is 6.56. The minimum absolute atomic E-state index is 0.0811. The number of esters is 3. The van der Waals surface area contributed by atoms with E-state index >= 15 is 0 Å². The zero-order chi connectivity index (χ0) is 57.1. The molecule has 0 bridgehead atoms. The number of carbonyl (C=O) groups is 3. The molecule has 6 heteroatoms. The van der Waals surface area contributed by atoms with E-state index in [1.54, 1.807) is 0 Å². The monoisotopic (exact) mass is 1110 g/mol. The standard InChI is InChI=1S/C73H134O6/c1-4-7-10-13-16-19-22-25-28-30-31-32-33-34-35-36-37-38-39-40-41-43-45-48-51-54-57-60-63-66-72(75)78-69-70(68-77-71(74)65-62-59-56-53-50-47-44-27-24-21-18-15-12-9-6-3)79-73(76)67-64-61-58-55-52-49-46-42-29-26-23-20-17-14-11-8-5-2/h9,12,18,21,27,44,50,53,70H,4-8,10-11,13-17,19-20,22-26,28-43,45-49,51-52,54-69H2,1-3H3/b12-9-,21-18-,44-27-,53-50-. The second-order valence-corrected chi connectivity index (χ2v) is 23.8. The fourth-order valence-corrected chi connectivity index (χ4v) is 10.6. The molecular formula is C73H134O6. The van der Waals surface area contributed by atoms with Crippen LogP contribution in [0.3, 0.4) is 0 Å². The number of hydrogen-bond acceptors (Lipinski definition) is 6. The van der Waals surface area contributed by atoms with Crippen LogP contribution in [-0.4, -0.2) is 37.2 Å². The molecule has 0 radical (unpaired) electrons. The van der Waals surface area contributed by atoms with E-state index in [1.807, 2.05) is 0 Å². The molecule has 0 amide bonds. The van der Waals surface area contributed by atoms with Gasteiger partial charge in [-0.1, -0.05) is 352 Å². The second-order valence-electron chi connectivity index (χ2n) is 23.8. The highest BCUT2D eigenvalue weighted by Crippen LogP contribution is 2.19. The molecule has 0 aliphatic rings. The summed E-state index contributed by atoms with van der Waals surface area (Å²) in [5, 5.41) is 0. The molecule has 0 spiro atoms.